The summed E-state index contributed by atoms with van der Waals surface area (Å²) >= 11 is 12.2. The first-order valence-corrected chi connectivity index (χ1v) is 7.62. The third-order valence-corrected chi connectivity index (χ3v) is 4.36. The highest BCUT2D eigenvalue weighted by Gasteiger charge is 2.29. The highest BCUT2D eigenvalue weighted by atomic mass is 35.5. The third kappa shape index (κ3) is 3.40. The lowest BCUT2D eigenvalue weighted by Gasteiger charge is -2.31. The summed E-state index contributed by atoms with van der Waals surface area (Å²) in [6.07, 6.45) is 2.37. The molecule has 0 N–H and O–H groups in total. The van der Waals surface area contributed by atoms with Crippen LogP contribution in [-0.2, 0) is 15.9 Å². The predicted octanol–water partition coefficient (Wildman–Crippen LogP) is 3.39. The van der Waals surface area contributed by atoms with Gasteiger partial charge in [0.25, 0.3) is 0 Å². The van der Waals surface area contributed by atoms with Crippen molar-refractivity contribution in [3.05, 3.63) is 52.5 Å². The molecule has 0 saturated carbocycles. The lowest BCUT2D eigenvalue weighted by Crippen LogP contribution is -2.37. The van der Waals surface area contributed by atoms with Gasteiger partial charge in [0, 0.05) is 0 Å². The SMILES string of the molecule is Clc1ncn(C(Cc2ccccc2)C2COCCO2)c1Cl. The third-order valence-electron chi connectivity index (χ3n) is 3.61. The molecule has 1 aliphatic heterocycles. The first kappa shape index (κ1) is 14.9. The molecule has 112 valence electrons. The summed E-state index contributed by atoms with van der Waals surface area (Å²) in [5.74, 6) is 0. The van der Waals surface area contributed by atoms with Crippen LogP contribution in [0.5, 0.6) is 0 Å². The molecule has 0 bridgehead atoms. The maximum Gasteiger partial charge on any atom is 0.166 e. The number of hydrogen-bond donors (Lipinski definition) is 0. The number of ether oxygens (including phenoxy) is 2. The van der Waals surface area contributed by atoms with Crippen LogP contribution in [0.15, 0.2) is 36.7 Å². The lowest BCUT2D eigenvalue weighted by atomic mass is 10.0. The molecule has 21 heavy (non-hydrogen) atoms. The zero-order valence-corrected chi connectivity index (χ0v) is 12.9. The van der Waals surface area contributed by atoms with Crippen molar-refractivity contribution in [2.75, 3.05) is 19.8 Å². The van der Waals surface area contributed by atoms with Crippen LogP contribution in [0.4, 0.5) is 0 Å². The number of benzene rings is 1. The molecule has 1 aromatic heterocycles. The van der Waals surface area contributed by atoms with Crippen molar-refractivity contribution in [2.24, 2.45) is 0 Å². The molecular weight excluding hydrogens is 311 g/mol. The summed E-state index contributed by atoms with van der Waals surface area (Å²) < 4.78 is 13.3. The topological polar surface area (TPSA) is 36.3 Å². The largest absolute Gasteiger partial charge is 0.376 e. The van der Waals surface area contributed by atoms with Gasteiger partial charge < -0.3 is 14.0 Å². The van der Waals surface area contributed by atoms with Crippen molar-refractivity contribution < 1.29 is 9.47 Å². The van der Waals surface area contributed by atoms with E-state index in [1.807, 2.05) is 22.8 Å². The molecule has 1 fully saturated rings. The van der Waals surface area contributed by atoms with Gasteiger partial charge in [-0.15, -0.1) is 0 Å². The molecule has 0 spiro atoms. The molecule has 1 aliphatic rings. The van der Waals surface area contributed by atoms with Crippen molar-refractivity contribution in [3.8, 4) is 0 Å². The molecule has 0 amide bonds. The van der Waals surface area contributed by atoms with E-state index in [2.05, 4.69) is 17.1 Å². The molecule has 1 saturated heterocycles. The standard InChI is InChI=1S/C15H16Cl2N2O2/c16-14-15(17)19(10-18-14)12(13-9-20-6-7-21-13)8-11-4-2-1-3-5-11/h1-5,10,12-13H,6-9H2. The van der Waals surface area contributed by atoms with E-state index in [0.717, 1.165) is 6.42 Å². The Morgan fingerprint density at radius 2 is 2.05 bits per heavy atom. The number of halogens is 2. The molecule has 2 atom stereocenters. The molecule has 0 aliphatic carbocycles. The van der Waals surface area contributed by atoms with Crippen LogP contribution in [0.2, 0.25) is 10.3 Å². The second-order valence-corrected chi connectivity index (χ2v) is 5.69. The minimum Gasteiger partial charge on any atom is -0.376 e. The van der Waals surface area contributed by atoms with E-state index in [-0.39, 0.29) is 12.1 Å². The zero-order valence-electron chi connectivity index (χ0n) is 11.4. The molecule has 2 unspecified atom stereocenters. The average Bonchev–Trinajstić information content (AvgIpc) is 2.87. The Bertz CT molecular complexity index is 583. The fourth-order valence-electron chi connectivity index (χ4n) is 2.55. The van der Waals surface area contributed by atoms with Gasteiger partial charge in [-0.05, 0) is 12.0 Å². The van der Waals surface area contributed by atoms with Gasteiger partial charge in [0.2, 0.25) is 0 Å². The van der Waals surface area contributed by atoms with E-state index in [4.69, 9.17) is 32.7 Å². The Hall–Kier alpha value is -1.07. The van der Waals surface area contributed by atoms with Crippen LogP contribution < -0.4 is 0 Å². The smallest absolute Gasteiger partial charge is 0.166 e. The Balaban J connectivity index is 1.88. The van der Waals surface area contributed by atoms with Gasteiger partial charge in [-0.3, -0.25) is 0 Å². The minimum absolute atomic E-state index is 0.000185. The van der Waals surface area contributed by atoms with Gasteiger partial charge in [-0.25, -0.2) is 4.98 Å². The minimum atomic E-state index is -0.0678. The molecule has 4 nitrogen and oxygen atoms in total. The molecule has 0 radical (unpaired) electrons. The second-order valence-electron chi connectivity index (χ2n) is 4.97. The second kappa shape index (κ2) is 6.79. The Labute approximate surface area is 133 Å². The number of aromatic nitrogens is 2. The van der Waals surface area contributed by atoms with Gasteiger partial charge in [0.1, 0.15) is 11.3 Å². The number of hydrogen-bond acceptors (Lipinski definition) is 3. The fourth-order valence-corrected chi connectivity index (χ4v) is 2.91. The monoisotopic (exact) mass is 326 g/mol. The summed E-state index contributed by atoms with van der Waals surface area (Å²) in [4.78, 5) is 4.07. The van der Waals surface area contributed by atoms with Crippen molar-refractivity contribution in [1.82, 2.24) is 9.55 Å². The number of nitrogens with zero attached hydrogens (tertiary/aromatic N) is 2. The zero-order chi connectivity index (χ0) is 14.7. The molecule has 1 aromatic carbocycles. The summed E-state index contributed by atoms with van der Waals surface area (Å²) in [7, 11) is 0. The van der Waals surface area contributed by atoms with Gasteiger partial charge in [0.05, 0.1) is 32.2 Å². The first-order chi connectivity index (χ1) is 10.3. The molecule has 2 aromatic rings. The average molecular weight is 327 g/mol. The fraction of sp³-hybridized carbons (Fsp3) is 0.400. The molecular formula is C15H16Cl2N2O2. The quantitative estimate of drug-likeness (QED) is 0.864. The van der Waals surface area contributed by atoms with Crippen LogP contribution in [0.1, 0.15) is 11.6 Å². The summed E-state index contributed by atoms with van der Waals surface area (Å²) in [5.41, 5.74) is 1.21. The van der Waals surface area contributed by atoms with Crippen LogP contribution in [0, 0.1) is 0 Å². The van der Waals surface area contributed by atoms with Crippen LogP contribution in [0.3, 0.4) is 0 Å². The summed E-state index contributed by atoms with van der Waals surface area (Å²) in [6, 6.07) is 10.2. The number of rotatable bonds is 4. The van der Waals surface area contributed by atoms with Crippen molar-refractivity contribution in [2.45, 2.75) is 18.6 Å². The van der Waals surface area contributed by atoms with Crippen molar-refractivity contribution in [1.29, 1.82) is 0 Å². The molecule has 2 heterocycles. The maximum absolute atomic E-state index is 6.26. The lowest BCUT2D eigenvalue weighted by molar-refractivity contribution is -0.107. The van der Waals surface area contributed by atoms with Crippen LogP contribution in [0.25, 0.3) is 0 Å². The summed E-state index contributed by atoms with van der Waals surface area (Å²) in [5, 5.41) is 0.748. The first-order valence-electron chi connectivity index (χ1n) is 6.87. The molecule has 6 heteroatoms. The van der Waals surface area contributed by atoms with Crippen molar-refractivity contribution >= 4 is 23.2 Å². The predicted molar refractivity (Wildman–Crippen MR) is 82.0 cm³/mol. The van der Waals surface area contributed by atoms with Gasteiger partial charge in [-0.2, -0.15) is 0 Å². The van der Waals surface area contributed by atoms with E-state index in [0.29, 0.717) is 30.1 Å². The van der Waals surface area contributed by atoms with Crippen LogP contribution >= 0.6 is 23.2 Å². The van der Waals surface area contributed by atoms with Gasteiger partial charge in [0.15, 0.2) is 5.15 Å². The Kier molecular flexibility index (Phi) is 4.80. The Morgan fingerprint density at radius 3 is 2.67 bits per heavy atom. The molecule has 3 rings (SSSR count). The van der Waals surface area contributed by atoms with E-state index >= 15 is 0 Å². The highest BCUT2D eigenvalue weighted by molar-refractivity contribution is 6.40. The van der Waals surface area contributed by atoms with Crippen LogP contribution in [-0.4, -0.2) is 35.5 Å². The Morgan fingerprint density at radius 1 is 1.24 bits per heavy atom. The normalized spacial score (nSPS) is 20.4. The number of imidazole rings is 1. The summed E-state index contributed by atoms with van der Waals surface area (Å²) in [6.45, 7) is 1.77. The van der Waals surface area contributed by atoms with E-state index in [1.54, 1.807) is 6.33 Å². The van der Waals surface area contributed by atoms with E-state index in [9.17, 15) is 0 Å². The maximum atomic E-state index is 6.26. The highest BCUT2D eigenvalue weighted by Crippen LogP contribution is 2.29. The van der Waals surface area contributed by atoms with Gasteiger partial charge >= 0.3 is 0 Å². The van der Waals surface area contributed by atoms with E-state index < -0.39 is 0 Å². The van der Waals surface area contributed by atoms with E-state index in [1.165, 1.54) is 5.56 Å². The van der Waals surface area contributed by atoms with Gasteiger partial charge in [-0.1, -0.05) is 53.5 Å². The van der Waals surface area contributed by atoms with Crippen molar-refractivity contribution in [3.63, 3.8) is 0 Å².